The topological polar surface area (TPSA) is 21.1 Å². The minimum Gasteiger partial charge on any atom is -0.310 e. The molecule has 0 bridgehead atoms. The first-order valence-corrected chi connectivity index (χ1v) is 14.1. The van der Waals surface area contributed by atoms with Gasteiger partial charge < -0.3 is 9.47 Å². The molecule has 0 amide bonds. The summed E-state index contributed by atoms with van der Waals surface area (Å²) in [6, 6.07) is 46.1. The summed E-state index contributed by atoms with van der Waals surface area (Å²) in [4.78, 5) is 6.68. The first-order chi connectivity index (χ1) is 20.1. The smallest absolute Gasteiger partial charge is 0.0542 e. The van der Waals surface area contributed by atoms with E-state index in [0.29, 0.717) is 0 Å². The molecule has 7 aromatic rings. The number of anilines is 3. The molecular weight excluding hydrogens is 498 g/mol. The number of rotatable bonds is 4. The van der Waals surface area contributed by atoms with Crippen LogP contribution in [0.4, 0.5) is 17.1 Å². The van der Waals surface area contributed by atoms with Crippen LogP contribution in [-0.2, 0) is 5.41 Å². The Morgan fingerprint density at radius 2 is 1.20 bits per heavy atom. The van der Waals surface area contributed by atoms with Gasteiger partial charge in [0.1, 0.15) is 0 Å². The number of para-hydroxylation sites is 2. The summed E-state index contributed by atoms with van der Waals surface area (Å²) in [6.45, 7) is 4.67. The number of aromatic nitrogens is 2. The molecule has 5 aromatic carbocycles. The van der Waals surface area contributed by atoms with Gasteiger partial charge in [0.05, 0.1) is 11.0 Å². The normalized spacial score (nSPS) is 13.3. The fraction of sp³-hybridized carbons (Fsp3) is 0.0789. The van der Waals surface area contributed by atoms with Gasteiger partial charge in [-0.15, -0.1) is 0 Å². The fourth-order valence-corrected chi connectivity index (χ4v) is 6.73. The van der Waals surface area contributed by atoms with Crippen LogP contribution in [0.3, 0.4) is 0 Å². The van der Waals surface area contributed by atoms with Crippen LogP contribution in [0.2, 0.25) is 0 Å². The second-order valence-corrected chi connectivity index (χ2v) is 11.3. The molecule has 196 valence electrons. The number of benzene rings is 5. The Balaban J connectivity index is 1.35. The number of pyridine rings is 1. The molecule has 0 radical (unpaired) electrons. The molecule has 0 atom stereocenters. The van der Waals surface area contributed by atoms with E-state index in [4.69, 9.17) is 0 Å². The van der Waals surface area contributed by atoms with Crippen molar-refractivity contribution in [2.24, 2.45) is 0 Å². The molecule has 0 spiro atoms. The summed E-state index contributed by atoms with van der Waals surface area (Å²) < 4.78 is 2.36. The van der Waals surface area contributed by atoms with E-state index >= 15 is 0 Å². The summed E-state index contributed by atoms with van der Waals surface area (Å²) in [6.07, 6.45) is 3.74. The minimum atomic E-state index is -0.0705. The van der Waals surface area contributed by atoms with Crippen LogP contribution in [0.1, 0.15) is 25.0 Å². The van der Waals surface area contributed by atoms with Gasteiger partial charge in [-0.1, -0.05) is 80.6 Å². The van der Waals surface area contributed by atoms with Gasteiger partial charge in [-0.2, -0.15) is 0 Å². The van der Waals surface area contributed by atoms with E-state index in [1.54, 1.807) is 0 Å². The molecule has 0 N–H and O–H groups in total. The molecule has 0 saturated heterocycles. The van der Waals surface area contributed by atoms with E-state index in [1.807, 2.05) is 12.4 Å². The highest BCUT2D eigenvalue weighted by Crippen LogP contribution is 2.50. The molecule has 0 fully saturated rings. The molecule has 2 aromatic heterocycles. The van der Waals surface area contributed by atoms with Crippen molar-refractivity contribution in [1.29, 1.82) is 0 Å². The van der Waals surface area contributed by atoms with Crippen LogP contribution in [0, 0.1) is 0 Å². The zero-order valence-corrected chi connectivity index (χ0v) is 23.1. The van der Waals surface area contributed by atoms with Gasteiger partial charge in [0.25, 0.3) is 0 Å². The van der Waals surface area contributed by atoms with Crippen molar-refractivity contribution in [2.75, 3.05) is 4.90 Å². The standard InChI is InChI=1S/C38H29N3/c1-38(2)34-14-8-6-12-30(34)31-18-16-29(25-35(31)38)40(27-20-22-39-23-21-27)28-17-19-37-33(24-28)32-13-7-9-15-36(32)41(37)26-10-4-3-5-11-26/h3-25H,1-2H3. The molecule has 0 saturated carbocycles. The van der Waals surface area contributed by atoms with E-state index in [0.717, 1.165) is 22.7 Å². The monoisotopic (exact) mass is 527 g/mol. The zero-order chi connectivity index (χ0) is 27.6. The van der Waals surface area contributed by atoms with Crippen LogP contribution in [-0.4, -0.2) is 9.55 Å². The summed E-state index contributed by atoms with van der Waals surface area (Å²) in [5, 5.41) is 2.48. The molecule has 1 aliphatic rings. The third kappa shape index (κ3) is 3.56. The van der Waals surface area contributed by atoms with Crippen molar-refractivity contribution in [2.45, 2.75) is 19.3 Å². The highest BCUT2D eigenvalue weighted by Gasteiger charge is 2.35. The second-order valence-electron chi connectivity index (χ2n) is 11.3. The van der Waals surface area contributed by atoms with Crippen LogP contribution < -0.4 is 4.90 Å². The van der Waals surface area contributed by atoms with Crippen molar-refractivity contribution in [3.05, 3.63) is 151 Å². The predicted molar refractivity (Wildman–Crippen MR) is 171 cm³/mol. The molecule has 41 heavy (non-hydrogen) atoms. The largest absolute Gasteiger partial charge is 0.310 e. The van der Waals surface area contributed by atoms with Gasteiger partial charge in [-0.25, -0.2) is 0 Å². The lowest BCUT2D eigenvalue weighted by Gasteiger charge is -2.28. The SMILES string of the molecule is CC1(C)c2ccccc2-c2ccc(N(c3ccncc3)c3ccc4c(c3)c3ccccc3n4-c3ccccc3)cc21. The van der Waals surface area contributed by atoms with E-state index in [2.05, 4.69) is 156 Å². The first-order valence-electron chi connectivity index (χ1n) is 14.1. The van der Waals surface area contributed by atoms with Crippen LogP contribution in [0.15, 0.2) is 140 Å². The number of hydrogen-bond acceptors (Lipinski definition) is 2. The van der Waals surface area contributed by atoms with Gasteiger partial charge in [-0.05, 0) is 82.9 Å². The van der Waals surface area contributed by atoms with Crippen molar-refractivity contribution < 1.29 is 0 Å². The highest BCUT2D eigenvalue weighted by molar-refractivity contribution is 6.10. The average Bonchev–Trinajstić information content (AvgIpc) is 3.47. The van der Waals surface area contributed by atoms with Crippen molar-refractivity contribution in [3.8, 4) is 16.8 Å². The van der Waals surface area contributed by atoms with Crippen molar-refractivity contribution >= 4 is 38.9 Å². The zero-order valence-electron chi connectivity index (χ0n) is 23.1. The summed E-state index contributed by atoms with van der Waals surface area (Å²) in [7, 11) is 0. The van der Waals surface area contributed by atoms with E-state index < -0.39 is 0 Å². The molecule has 3 nitrogen and oxygen atoms in total. The maximum atomic E-state index is 4.32. The molecular formula is C38H29N3. The Morgan fingerprint density at radius 1 is 0.537 bits per heavy atom. The van der Waals surface area contributed by atoms with E-state index in [1.165, 1.54) is 44.1 Å². The van der Waals surface area contributed by atoms with Crippen molar-refractivity contribution in [1.82, 2.24) is 9.55 Å². The van der Waals surface area contributed by atoms with Crippen LogP contribution >= 0.6 is 0 Å². The summed E-state index contributed by atoms with van der Waals surface area (Å²) in [5.74, 6) is 0. The van der Waals surface area contributed by atoms with Gasteiger partial charge in [0.2, 0.25) is 0 Å². The number of nitrogens with zero attached hydrogens (tertiary/aromatic N) is 3. The Hall–Kier alpha value is -5.15. The van der Waals surface area contributed by atoms with Gasteiger partial charge in [0, 0.05) is 51.3 Å². The molecule has 3 heteroatoms. The van der Waals surface area contributed by atoms with Crippen molar-refractivity contribution in [3.63, 3.8) is 0 Å². The predicted octanol–water partition coefficient (Wildman–Crippen LogP) is 9.95. The lowest BCUT2D eigenvalue weighted by Crippen LogP contribution is -2.16. The van der Waals surface area contributed by atoms with Gasteiger partial charge in [0.15, 0.2) is 0 Å². The fourth-order valence-electron chi connectivity index (χ4n) is 6.73. The minimum absolute atomic E-state index is 0.0705. The Labute approximate surface area is 240 Å². The molecule has 0 aliphatic heterocycles. The Kier molecular flexibility index (Phi) is 5.17. The maximum Gasteiger partial charge on any atom is 0.0542 e. The quantitative estimate of drug-likeness (QED) is 0.227. The summed E-state index contributed by atoms with van der Waals surface area (Å²) >= 11 is 0. The lowest BCUT2D eigenvalue weighted by molar-refractivity contribution is 0.660. The highest BCUT2D eigenvalue weighted by atomic mass is 15.1. The summed E-state index contributed by atoms with van der Waals surface area (Å²) in [5.41, 5.74) is 12.2. The van der Waals surface area contributed by atoms with Gasteiger partial charge >= 0.3 is 0 Å². The molecule has 1 aliphatic carbocycles. The van der Waals surface area contributed by atoms with E-state index in [-0.39, 0.29) is 5.41 Å². The Morgan fingerprint density at radius 3 is 2.05 bits per heavy atom. The third-order valence-corrected chi connectivity index (χ3v) is 8.67. The third-order valence-electron chi connectivity index (χ3n) is 8.67. The first kappa shape index (κ1) is 23.7. The molecule has 8 rings (SSSR count). The second kappa shape index (κ2) is 8.94. The Bertz CT molecular complexity index is 2070. The van der Waals surface area contributed by atoms with Crippen LogP contribution in [0.25, 0.3) is 38.6 Å². The molecule has 0 unspecified atom stereocenters. The van der Waals surface area contributed by atoms with Gasteiger partial charge in [-0.3, -0.25) is 4.98 Å². The van der Waals surface area contributed by atoms with E-state index in [9.17, 15) is 0 Å². The lowest BCUT2D eigenvalue weighted by atomic mass is 9.82. The van der Waals surface area contributed by atoms with Crippen LogP contribution in [0.5, 0.6) is 0 Å². The maximum absolute atomic E-state index is 4.32. The molecule has 2 heterocycles. The number of fused-ring (bicyclic) bond motifs is 6. The average molecular weight is 528 g/mol. The number of hydrogen-bond donors (Lipinski definition) is 0.